The SMILES string of the molecule is CNCc1cc(NC(=O)OC[C@H](OCOC)c2ccc(Br)cc2)ccc1S(=O)(=O)C1CC1. The summed E-state index contributed by atoms with van der Waals surface area (Å²) in [5, 5.41) is 5.33. The van der Waals surface area contributed by atoms with Gasteiger partial charge in [0.15, 0.2) is 9.84 Å². The fraction of sp³-hybridized carbons (Fsp3) is 0.409. The molecule has 0 aliphatic heterocycles. The van der Waals surface area contributed by atoms with Gasteiger partial charge in [-0.25, -0.2) is 13.2 Å². The molecule has 0 aromatic heterocycles. The van der Waals surface area contributed by atoms with Crippen molar-refractivity contribution in [1.29, 1.82) is 0 Å². The van der Waals surface area contributed by atoms with Crippen molar-refractivity contribution in [1.82, 2.24) is 5.32 Å². The van der Waals surface area contributed by atoms with E-state index in [1.54, 1.807) is 25.2 Å². The maximum absolute atomic E-state index is 12.7. The van der Waals surface area contributed by atoms with Crippen molar-refractivity contribution in [2.24, 2.45) is 0 Å². The van der Waals surface area contributed by atoms with Crippen molar-refractivity contribution >= 4 is 37.5 Å². The Morgan fingerprint density at radius 1 is 1.19 bits per heavy atom. The Bertz CT molecular complexity index is 1030. The van der Waals surface area contributed by atoms with Crippen LogP contribution in [-0.4, -0.2) is 47.3 Å². The maximum atomic E-state index is 12.7. The van der Waals surface area contributed by atoms with Crippen LogP contribution in [0.4, 0.5) is 10.5 Å². The lowest BCUT2D eigenvalue weighted by Crippen LogP contribution is -2.21. The molecule has 8 nitrogen and oxygen atoms in total. The fourth-order valence-electron chi connectivity index (χ4n) is 3.19. The smallest absolute Gasteiger partial charge is 0.411 e. The maximum Gasteiger partial charge on any atom is 0.411 e. The van der Waals surface area contributed by atoms with Crippen molar-refractivity contribution in [2.75, 3.05) is 32.9 Å². The van der Waals surface area contributed by atoms with Crippen LogP contribution in [0.25, 0.3) is 0 Å². The first-order valence-corrected chi connectivity index (χ1v) is 12.5. The van der Waals surface area contributed by atoms with Crippen LogP contribution in [0.15, 0.2) is 51.8 Å². The Kier molecular flexibility index (Phi) is 8.66. The van der Waals surface area contributed by atoms with Gasteiger partial charge in [-0.3, -0.25) is 5.32 Å². The van der Waals surface area contributed by atoms with Crippen LogP contribution in [0.1, 0.15) is 30.1 Å². The second kappa shape index (κ2) is 11.2. The van der Waals surface area contributed by atoms with Gasteiger partial charge in [0, 0.05) is 23.8 Å². The van der Waals surface area contributed by atoms with Crippen LogP contribution in [0, 0.1) is 0 Å². The Morgan fingerprint density at radius 3 is 2.53 bits per heavy atom. The van der Waals surface area contributed by atoms with Gasteiger partial charge in [-0.1, -0.05) is 28.1 Å². The molecular formula is C22H27BrN2O6S. The molecule has 2 aromatic rings. The van der Waals surface area contributed by atoms with Crippen LogP contribution in [0.5, 0.6) is 0 Å². The minimum absolute atomic E-state index is 0.0195. The molecule has 0 saturated heterocycles. The predicted octanol–water partition coefficient (Wildman–Crippen LogP) is 4.01. The number of carbonyl (C=O) groups is 1. The third-order valence-electron chi connectivity index (χ3n) is 4.94. The summed E-state index contributed by atoms with van der Waals surface area (Å²) >= 11 is 3.39. The quantitative estimate of drug-likeness (QED) is 0.426. The molecule has 0 radical (unpaired) electrons. The van der Waals surface area contributed by atoms with Gasteiger partial charge >= 0.3 is 6.09 Å². The van der Waals surface area contributed by atoms with Crippen molar-refractivity contribution in [3.63, 3.8) is 0 Å². The summed E-state index contributed by atoms with van der Waals surface area (Å²) in [6, 6.07) is 12.3. The number of hydrogen-bond acceptors (Lipinski definition) is 7. The number of halogens is 1. The van der Waals surface area contributed by atoms with Gasteiger partial charge in [0.05, 0.1) is 10.1 Å². The van der Waals surface area contributed by atoms with E-state index in [1.807, 2.05) is 24.3 Å². The number of carbonyl (C=O) groups excluding carboxylic acids is 1. The third kappa shape index (κ3) is 6.52. The molecule has 1 aliphatic carbocycles. The van der Waals surface area contributed by atoms with E-state index in [4.69, 9.17) is 14.2 Å². The van der Waals surface area contributed by atoms with Gasteiger partial charge in [-0.05, 0) is 61.3 Å². The van der Waals surface area contributed by atoms with E-state index < -0.39 is 22.0 Å². The van der Waals surface area contributed by atoms with Crippen LogP contribution in [0.3, 0.4) is 0 Å². The van der Waals surface area contributed by atoms with Gasteiger partial charge in [-0.2, -0.15) is 0 Å². The summed E-state index contributed by atoms with van der Waals surface area (Å²) in [4.78, 5) is 12.7. The number of methoxy groups -OCH3 is 1. The number of nitrogens with one attached hydrogen (secondary N) is 2. The summed E-state index contributed by atoms with van der Waals surface area (Å²) in [6.45, 7) is 0.396. The number of rotatable bonds is 11. The molecule has 1 aliphatic rings. The highest BCUT2D eigenvalue weighted by molar-refractivity contribution is 9.10. The van der Waals surface area contributed by atoms with Gasteiger partial charge in [0.25, 0.3) is 0 Å². The Balaban J connectivity index is 1.66. The zero-order valence-corrected chi connectivity index (χ0v) is 20.4. The van der Waals surface area contributed by atoms with E-state index in [9.17, 15) is 13.2 Å². The number of sulfone groups is 1. The first kappa shape index (κ1) is 24.7. The molecule has 0 spiro atoms. The summed E-state index contributed by atoms with van der Waals surface area (Å²) in [5.41, 5.74) is 1.89. The summed E-state index contributed by atoms with van der Waals surface area (Å²) < 4.78 is 42.2. The molecule has 1 saturated carbocycles. The molecule has 0 bridgehead atoms. The highest BCUT2D eigenvalue weighted by Gasteiger charge is 2.38. The van der Waals surface area contributed by atoms with Crippen LogP contribution in [-0.2, 0) is 30.6 Å². The zero-order chi connectivity index (χ0) is 23.1. The van der Waals surface area contributed by atoms with E-state index in [0.29, 0.717) is 35.5 Å². The van der Waals surface area contributed by atoms with Gasteiger partial charge in [0.1, 0.15) is 19.5 Å². The van der Waals surface area contributed by atoms with Crippen molar-refractivity contribution < 1.29 is 27.4 Å². The van der Waals surface area contributed by atoms with Crippen LogP contribution < -0.4 is 10.6 Å². The number of amides is 1. The van der Waals surface area contributed by atoms with E-state index in [1.165, 1.54) is 7.11 Å². The Morgan fingerprint density at radius 2 is 1.91 bits per heavy atom. The van der Waals surface area contributed by atoms with E-state index >= 15 is 0 Å². The number of ether oxygens (including phenoxy) is 3. The lowest BCUT2D eigenvalue weighted by molar-refractivity contribution is -0.0893. The molecule has 1 fully saturated rings. The average molecular weight is 527 g/mol. The summed E-state index contributed by atoms with van der Waals surface area (Å²) in [6.07, 6.45) is 0.220. The lowest BCUT2D eigenvalue weighted by atomic mass is 10.1. The molecule has 174 valence electrons. The highest BCUT2D eigenvalue weighted by atomic mass is 79.9. The largest absolute Gasteiger partial charge is 0.446 e. The molecule has 0 heterocycles. The number of hydrogen-bond donors (Lipinski definition) is 2. The Labute approximate surface area is 196 Å². The minimum atomic E-state index is -3.34. The Hall–Kier alpha value is -1.98. The standard InChI is InChI=1S/C22H27BrN2O6S/c1-24-12-16-11-18(7-10-21(16)32(27,28)19-8-9-19)25-22(26)30-13-20(31-14-29-2)15-3-5-17(23)6-4-15/h3-7,10-11,19-20,24H,8-9,12-14H2,1-2H3,(H,25,26)/t20-/m0/s1. The molecule has 1 amide bonds. The van der Waals surface area contributed by atoms with Gasteiger partial charge < -0.3 is 19.5 Å². The van der Waals surface area contributed by atoms with E-state index in [-0.39, 0.29) is 18.6 Å². The van der Waals surface area contributed by atoms with Crippen LogP contribution in [0.2, 0.25) is 0 Å². The van der Waals surface area contributed by atoms with Crippen molar-refractivity contribution in [3.8, 4) is 0 Å². The minimum Gasteiger partial charge on any atom is -0.446 e. The summed E-state index contributed by atoms with van der Waals surface area (Å²) in [5.74, 6) is 0. The summed E-state index contributed by atoms with van der Waals surface area (Å²) in [7, 11) is -0.0875. The van der Waals surface area contributed by atoms with Crippen molar-refractivity contribution in [2.45, 2.75) is 35.6 Å². The second-order valence-electron chi connectivity index (χ2n) is 7.43. The van der Waals surface area contributed by atoms with Gasteiger partial charge in [0.2, 0.25) is 0 Å². The topological polar surface area (TPSA) is 103 Å². The normalized spacial score (nSPS) is 14.7. The molecule has 2 N–H and O–H groups in total. The third-order valence-corrected chi connectivity index (χ3v) is 7.83. The van der Waals surface area contributed by atoms with Crippen LogP contribution >= 0.6 is 15.9 Å². The zero-order valence-electron chi connectivity index (χ0n) is 18.0. The predicted molar refractivity (Wildman–Crippen MR) is 124 cm³/mol. The molecule has 3 rings (SSSR count). The second-order valence-corrected chi connectivity index (χ2v) is 10.5. The first-order chi connectivity index (χ1) is 15.3. The monoisotopic (exact) mass is 526 g/mol. The lowest BCUT2D eigenvalue weighted by Gasteiger charge is -2.18. The highest BCUT2D eigenvalue weighted by Crippen LogP contribution is 2.35. The molecule has 10 heteroatoms. The van der Waals surface area contributed by atoms with Crippen molar-refractivity contribution in [3.05, 3.63) is 58.1 Å². The average Bonchev–Trinajstić information content (AvgIpc) is 3.61. The van der Waals surface area contributed by atoms with E-state index in [2.05, 4.69) is 26.6 Å². The molecule has 1 atom stereocenters. The van der Waals surface area contributed by atoms with Gasteiger partial charge in [-0.15, -0.1) is 0 Å². The molecule has 0 unspecified atom stereocenters. The number of anilines is 1. The molecular weight excluding hydrogens is 500 g/mol. The molecule has 2 aromatic carbocycles. The molecule has 32 heavy (non-hydrogen) atoms. The number of benzene rings is 2. The fourth-order valence-corrected chi connectivity index (χ4v) is 5.33. The first-order valence-electron chi connectivity index (χ1n) is 10.2. The van der Waals surface area contributed by atoms with E-state index in [0.717, 1.165) is 10.0 Å².